The number of esters is 2. The van der Waals surface area contributed by atoms with Crippen LogP contribution in [0.4, 0.5) is 0 Å². The second-order valence-corrected chi connectivity index (χ2v) is 8.99. The van der Waals surface area contributed by atoms with Crippen LogP contribution in [0.5, 0.6) is 0 Å². The van der Waals surface area contributed by atoms with Crippen molar-refractivity contribution >= 4 is 34.7 Å². The number of halogens is 1. The average Bonchev–Trinajstić information content (AvgIpc) is 3.48. The zero-order valence-corrected chi connectivity index (χ0v) is 20.4. The summed E-state index contributed by atoms with van der Waals surface area (Å²) in [6.07, 6.45) is 1.19. The quantitative estimate of drug-likeness (QED) is 0.278. The van der Waals surface area contributed by atoms with Crippen LogP contribution < -0.4 is 0 Å². The Morgan fingerprint density at radius 3 is 2.28 bits per heavy atom. The second-order valence-electron chi connectivity index (χ2n) is 8.63. The molecule has 0 bridgehead atoms. The number of fused-ring (bicyclic) bond motifs is 1. The maximum Gasteiger partial charge on any atom is 0.338 e. The molecule has 2 aromatic carbocycles. The molecule has 5 rings (SSSR count). The van der Waals surface area contributed by atoms with Gasteiger partial charge < -0.3 is 14.2 Å². The molecule has 0 aliphatic carbocycles. The first-order chi connectivity index (χ1) is 17.4. The number of rotatable bonds is 6. The van der Waals surface area contributed by atoms with E-state index in [2.05, 4.69) is 15.0 Å². The summed E-state index contributed by atoms with van der Waals surface area (Å²) in [7, 11) is 0. The van der Waals surface area contributed by atoms with Crippen LogP contribution in [0.2, 0.25) is 5.15 Å². The first-order valence-electron chi connectivity index (χ1n) is 11.4. The van der Waals surface area contributed by atoms with E-state index in [1.54, 1.807) is 35.2 Å². The van der Waals surface area contributed by atoms with E-state index in [1.165, 1.54) is 6.33 Å². The monoisotopic (exact) mass is 506 g/mol. The Bertz CT molecular complexity index is 1400. The minimum atomic E-state index is -0.709. The molecule has 2 aromatic heterocycles. The molecule has 10 heteroatoms. The van der Waals surface area contributed by atoms with Gasteiger partial charge in [0.1, 0.15) is 36.9 Å². The lowest BCUT2D eigenvalue weighted by Crippen LogP contribution is -2.32. The van der Waals surface area contributed by atoms with Crippen LogP contribution in [0.1, 0.15) is 44.5 Å². The lowest BCUT2D eigenvalue weighted by Gasteiger charge is -2.19. The summed E-state index contributed by atoms with van der Waals surface area (Å²) >= 11 is 6.29. The molecule has 184 valence electrons. The number of ether oxygens (including phenoxy) is 3. The third kappa shape index (κ3) is 4.93. The Labute approximate surface area is 212 Å². The number of carbonyl (C=O) groups excluding carboxylic acids is 2. The maximum absolute atomic E-state index is 12.9. The van der Waals surface area contributed by atoms with E-state index in [1.807, 2.05) is 38.1 Å². The molecule has 1 aliphatic rings. The predicted octanol–water partition coefficient (Wildman–Crippen LogP) is 4.47. The van der Waals surface area contributed by atoms with Crippen LogP contribution in [0.15, 0.2) is 61.2 Å². The molecule has 4 aromatic rings. The third-order valence-corrected chi connectivity index (χ3v) is 6.30. The van der Waals surface area contributed by atoms with Crippen molar-refractivity contribution in [2.24, 2.45) is 0 Å². The average molecular weight is 507 g/mol. The summed E-state index contributed by atoms with van der Waals surface area (Å²) < 4.78 is 19.2. The van der Waals surface area contributed by atoms with Gasteiger partial charge in [-0.3, -0.25) is 4.57 Å². The molecular weight excluding hydrogens is 484 g/mol. The van der Waals surface area contributed by atoms with Gasteiger partial charge in [-0.1, -0.05) is 47.0 Å². The SMILES string of the molecule is Cc1ccc(C(=O)OC[C@H]2O[C@@H](n3cnc4ncnc(Cl)c43)C[C@@H]2OC(=O)c2ccc(C)cc2)cc1. The van der Waals surface area contributed by atoms with E-state index < -0.39 is 30.4 Å². The summed E-state index contributed by atoms with van der Waals surface area (Å²) in [4.78, 5) is 37.9. The Kier molecular flexibility index (Phi) is 6.67. The van der Waals surface area contributed by atoms with Crippen molar-refractivity contribution in [3.63, 3.8) is 0 Å². The highest BCUT2D eigenvalue weighted by Crippen LogP contribution is 2.34. The molecular formula is C26H23ClN4O5. The number of aromatic nitrogens is 4. The minimum absolute atomic E-state index is 0.105. The van der Waals surface area contributed by atoms with Gasteiger partial charge in [0.2, 0.25) is 0 Å². The van der Waals surface area contributed by atoms with Gasteiger partial charge in [-0.25, -0.2) is 24.5 Å². The molecule has 0 N–H and O–H groups in total. The summed E-state index contributed by atoms with van der Waals surface area (Å²) in [5.74, 6) is -0.980. The molecule has 36 heavy (non-hydrogen) atoms. The van der Waals surface area contributed by atoms with Gasteiger partial charge in [0, 0.05) is 6.42 Å². The molecule has 0 saturated carbocycles. The Morgan fingerprint density at radius 1 is 0.972 bits per heavy atom. The number of aryl methyl sites for hydroxylation is 2. The normalized spacial score (nSPS) is 19.4. The first kappa shape index (κ1) is 23.9. The Morgan fingerprint density at radius 2 is 1.61 bits per heavy atom. The number of carbonyl (C=O) groups is 2. The van der Waals surface area contributed by atoms with Crippen LogP contribution in [0.3, 0.4) is 0 Å². The topological polar surface area (TPSA) is 105 Å². The molecule has 9 nitrogen and oxygen atoms in total. The zero-order valence-electron chi connectivity index (χ0n) is 19.6. The standard InChI is InChI=1S/C26H23ClN4O5/c1-15-3-7-17(8-4-15)25(32)34-12-20-19(36-26(33)18-9-5-16(2)6-10-18)11-21(35-20)31-14-30-24-22(31)23(27)28-13-29-24/h3-10,13-14,19-21H,11-12H2,1-2H3/t19-,20+,21+/m0/s1. The van der Waals surface area contributed by atoms with Gasteiger partial charge in [-0.05, 0) is 38.1 Å². The van der Waals surface area contributed by atoms with Crippen molar-refractivity contribution in [2.45, 2.75) is 38.7 Å². The number of nitrogens with zero attached hydrogens (tertiary/aromatic N) is 4. The van der Waals surface area contributed by atoms with Crippen LogP contribution in [-0.2, 0) is 14.2 Å². The van der Waals surface area contributed by atoms with Crippen LogP contribution in [0, 0.1) is 13.8 Å². The predicted molar refractivity (Wildman–Crippen MR) is 131 cm³/mol. The highest BCUT2D eigenvalue weighted by molar-refractivity contribution is 6.33. The number of benzene rings is 2. The molecule has 0 spiro atoms. The van der Waals surface area contributed by atoms with Crippen LogP contribution >= 0.6 is 11.6 Å². The minimum Gasteiger partial charge on any atom is -0.459 e. The van der Waals surface area contributed by atoms with E-state index in [9.17, 15) is 9.59 Å². The van der Waals surface area contributed by atoms with Crippen LogP contribution in [0.25, 0.3) is 11.2 Å². The van der Waals surface area contributed by atoms with Crippen molar-refractivity contribution < 1.29 is 23.8 Å². The molecule has 3 atom stereocenters. The van der Waals surface area contributed by atoms with E-state index in [0.717, 1.165) is 11.1 Å². The number of imidazole rings is 1. The van der Waals surface area contributed by atoms with Gasteiger partial charge in [-0.15, -0.1) is 0 Å². The van der Waals surface area contributed by atoms with Gasteiger partial charge in [0.05, 0.1) is 17.5 Å². The lowest BCUT2D eigenvalue weighted by molar-refractivity contribution is -0.0562. The second kappa shape index (κ2) is 10.0. The lowest BCUT2D eigenvalue weighted by atomic mass is 10.1. The van der Waals surface area contributed by atoms with E-state index in [-0.39, 0.29) is 11.8 Å². The Balaban J connectivity index is 1.36. The van der Waals surface area contributed by atoms with Crippen molar-refractivity contribution in [2.75, 3.05) is 6.61 Å². The molecule has 0 amide bonds. The number of hydrogen-bond acceptors (Lipinski definition) is 8. The molecule has 3 heterocycles. The van der Waals surface area contributed by atoms with Gasteiger partial charge in [0.25, 0.3) is 0 Å². The van der Waals surface area contributed by atoms with E-state index >= 15 is 0 Å². The number of hydrogen-bond donors (Lipinski definition) is 0. The highest BCUT2D eigenvalue weighted by Gasteiger charge is 2.40. The third-order valence-electron chi connectivity index (χ3n) is 6.02. The Hall–Kier alpha value is -3.82. The largest absolute Gasteiger partial charge is 0.459 e. The molecule has 0 radical (unpaired) electrons. The van der Waals surface area contributed by atoms with Gasteiger partial charge in [-0.2, -0.15) is 0 Å². The smallest absolute Gasteiger partial charge is 0.338 e. The van der Waals surface area contributed by atoms with Gasteiger partial charge in [0.15, 0.2) is 10.8 Å². The molecule has 1 fully saturated rings. The van der Waals surface area contributed by atoms with Crippen molar-refractivity contribution in [1.82, 2.24) is 19.5 Å². The summed E-state index contributed by atoms with van der Waals surface area (Å²) in [5.41, 5.74) is 3.83. The maximum atomic E-state index is 12.9. The zero-order chi connectivity index (χ0) is 25.2. The van der Waals surface area contributed by atoms with E-state index in [4.69, 9.17) is 25.8 Å². The van der Waals surface area contributed by atoms with Crippen LogP contribution in [-0.4, -0.2) is 50.3 Å². The molecule has 0 unspecified atom stereocenters. The molecule has 1 aliphatic heterocycles. The molecule has 1 saturated heterocycles. The van der Waals surface area contributed by atoms with Gasteiger partial charge >= 0.3 is 11.9 Å². The summed E-state index contributed by atoms with van der Waals surface area (Å²) in [6.45, 7) is 3.77. The fourth-order valence-electron chi connectivity index (χ4n) is 4.03. The first-order valence-corrected chi connectivity index (χ1v) is 11.8. The van der Waals surface area contributed by atoms with Crippen molar-refractivity contribution in [3.8, 4) is 0 Å². The van der Waals surface area contributed by atoms with Crippen molar-refractivity contribution in [3.05, 3.63) is 88.6 Å². The fraction of sp³-hybridized carbons (Fsp3) is 0.269. The van der Waals surface area contributed by atoms with Crippen molar-refractivity contribution in [1.29, 1.82) is 0 Å². The summed E-state index contributed by atoms with van der Waals surface area (Å²) in [5, 5.41) is 0.226. The fourth-order valence-corrected chi connectivity index (χ4v) is 4.26. The van der Waals surface area contributed by atoms with E-state index in [0.29, 0.717) is 28.7 Å². The summed E-state index contributed by atoms with van der Waals surface area (Å²) in [6, 6.07) is 14.2. The highest BCUT2D eigenvalue weighted by atomic mass is 35.5.